The van der Waals surface area contributed by atoms with E-state index in [9.17, 15) is 14.7 Å². The van der Waals surface area contributed by atoms with Crippen LogP contribution < -0.4 is 4.74 Å². The van der Waals surface area contributed by atoms with Gasteiger partial charge >= 0.3 is 6.09 Å². The smallest absolute Gasteiger partial charge is 0.410 e. The van der Waals surface area contributed by atoms with Crippen LogP contribution in [0.25, 0.3) is 0 Å². The molecule has 0 aliphatic carbocycles. The van der Waals surface area contributed by atoms with Crippen LogP contribution in [0.15, 0.2) is 18.2 Å². The number of aromatic hydroxyl groups is 1. The number of nitrogens with zero attached hydrogens (tertiary/aromatic N) is 2. The van der Waals surface area contributed by atoms with Gasteiger partial charge in [-0.1, -0.05) is 0 Å². The van der Waals surface area contributed by atoms with Crippen LogP contribution in [0, 0.1) is 0 Å². The van der Waals surface area contributed by atoms with Crippen LogP contribution in [-0.4, -0.2) is 65.8 Å². The summed E-state index contributed by atoms with van der Waals surface area (Å²) in [5.74, 6) is 0.568. The molecule has 1 saturated heterocycles. The summed E-state index contributed by atoms with van der Waals surface area (Å²) in [5.41, 5.74) is 0.0894. The molecule has 0 unspecified atom stereocenters. The molecular weight excluding hydrogens is 348 g/mol. The number of rotatable bonds is 4. The Bertz CT molecular complexity index is 683. The molecule has 1 aliphatic heterocycles. The van der Waals surface area contributed by atoms with Crippen LogP contribution in [0.2, 0.25) is 0 Å². The van der Waals surface area contributed by atoms with Crippen LogP contribution in [0.4, 0.5) is 4.79 Å². The Labute approximate surface area is 160 Å². The van der Waals surface area contributed by atoms with E-state index in [0.717, 1.165) is 12.8 Å². The summed E-state index contributed by atoms with van der Waals surface area (Å²) < 4.78 is 10.7. The van der Waals surface area contributed by atoms with Gasteiger partial charge in [0.25, 0.3) is 0 Å². The third kappa shape index (κ3) is 5.77. The van der Waals surface area contributed by atoms with Gasteiger partial charge in [-0.2, -0.15) is 0 Å². The topological polar surface area (TPSA) is 79.3 Å². The Morgan fingerprint density at radius 2 is 2.04 bits per heavy atom. The van der Waals surface area contributed by atoms with Crippen molar-refractivity contribution in [1.82, 2.24) is 9.80 Å². The Morgan fingerprint density at radius 3 is 2.67 bits per heavy atom. The third-order valence-electron chi connectivity index (χ3n) is 4.59. The molecule has 1 aromatic carbocycles. The van der Waals surface area contributed by atoms with E-state index >= 15 is 0 Å². The van der Waals surface area contributed by atoms with Crippen molar-refractivity contribution >= 4 is 12.0 Å². The summed E-state index contributed by atoms with van der Waals surface area (Å²) >= 11 is 0. The molecule has 27 heavy (non-hydrogen) atoms. The fraction of sp³-hybridized carbons (Fsp3) is 0.600. The molecule has 7 heteroatoms. The first-order valence-corrected chi connectivity index (χ1v) is 9.20. The Balaban J connectivity index is 2.02. The summed E-state index contributed by atoms with van der Waals surface area (Å²) in [6.07, 6.45) is 1.43. The Hall–Kier alpha value is -2.44. The van der Waals surface area contributed by atoms with E-state index in [4.69, 9.17) is 9.47 Å². The average Bonchev–Trinajstić information content (AvgIpc) is 2.60. The number of piperidine rings is 1. The van der Waals surface area contributed by atoms with E-state index in [1.807, 2.05) is 20.8 Å². The van der Waals surface area contributed by atoms with Crippen LogP contribution in [0.5, 0.6) is 11.5 Å². The number of benzene rings is 1. The summed E-state index contributed by atoms with van der Waals surface area (Å²) in [5, 5.41) is 9.68. The lowest BCUT2D eigenvalue weighted by Crippen LogP contribution is -2.51. The molecule has 0 radical (unpaired) electrons. The van der Waals surface area contributed by atoms with E-state index in [-0.39, 0.29) is 30.2 Å². The second-order valence-corrected chi connectivity index (χ2v) is 7.90. The Kier molecular flexibility index (Phi) is 6.57. The quantitative estimate of drug-likeness (QED) is 0.872. The van der Waals surface area contributed by atoms with Gasteiger partial charge in [0.05, 0.1) is 13.5 Å². The summed E-state index contributed by atoms with van der Waals surface area (Å²) in [6, 6.07) is 4.64. The van der Waals surface area contributed by atoms with E-state index in [1.165, 1.54) is 13.2 Å². The molecule has 7 nitrogen and oxygen atoms in total. The van der Waals surface area contributed by atoms with Crippen LogP contribution in [0.3, 0.4) is 0 Å². The van der Waals surface area contributed by atoms with Gasteiger partial charge in [0, 0.05) is 31.7 Å². The highest BCUT2D eigenvalue weighted by Crippen LogP contribution is 2.25. The van der Waals surface area contributed by atoms with Gasteiger partial charge in [-0.15, -0.1) is 0 Å². The molecule has 0 bridgehead atoms. The summed E-state index contributed by atoms with van der Waals surface area (Å²) in [6.45, 7) is 6.60. The zero-order chi connectivity index (χ0) is 20.2. The number of hydrogen-bond acceptors (Lipinski definition) is 5. The molecule has 1 aliphatic rings. The Morgan fingerprint density at radius 1 is 1.33 bits per heavy atom. The second-order valence-electron chi connectivity index (χ2n) is 7.90. The van der Waals surface area contributed by atoms with Crippen molar-refractivity contribution in [3.63, 3.8) is 0 Å². The molecule has 1 heterocycles. The van der Waals surface area contributed by atoms with Crippen molar-refractivity contribution in [3.8, 4) is 11.5 Å². The fourth-order valence-corrected chi connectivity index (χ4v) is 3.16. The summed E-state index contributed by atoms with van der Waals surface area (Å²) in [4.78, 5) is 28.4. The zero-order valence-corrected chi connectivity index (χ0v) is 16.8. The molecule has 0 saturated carbocycles. The van der Waals surface area contributed by atoms with Crippen LogP contribution in [0.1, 0.15) is 39.2 Å². The molecule has 1 atom stereocenters. The van der Waals surface area contributed by atoms with Gasteiger partial charge in [-0.25, -0.2) is 4.79 Å². The monoisotopic (exact) mass is 378 g/mol. The SMILES string of the molecule is COc1ccc(O)cc1CC(=O)N(C)[C@@H]1CCCN(C(=O)OC(C)(C)C)C1. The fourth-order valence-electron chi connectivity index (χ4n) is 3.16. The number of carbonyl (C=O) groups excluding carboxylic acids is 2. The lowest BCUT2D eigenvalue weighted by atomic mass is 10.0. The maximum absolute atomic E-state index is 12.8. The minimum absolute atomic E-state index is 0.0675. The number of methoxy groups -OCH3 is 1. The van der Waals surface area contributed by atoms with Crippen molar-refractivity contribution in [2.24, 2.45) is 0 Å². The predicted octanol–water partition coefficient (Wildman–Crippen LogP) is 2.80. The first kappa shape index (κ1) is 20.9. The van der Waals surface area contributed by atoms with Gasteiger partial charge in [-0.3, -0.25) is 4.79 Å². The number of amides is 2. The first-order valence-electron chi connectivity index (χ1n) is 9.20. The number of likely N-dealkylation sites (N-methyl/N-ethyl adjacent to an activating group) is 1. The van der Waals surface area contributed by atoms with Crippen molar-refractivity contribution < 1.29 is 24.2 Å². The number of phenols is 1. The number of likely N-dealkylation sites (tertiary alicyclic amines) is 1. The minimum Gasteiger partial charge on any atom is -0.508 e. The third-order valence-corrected chi connectivity index (χ3v) is 4.59. The standard InChI is InChI=1S/C20H30N2O5/c1-20(2,3)27-19(25)22-10-6-7-15(13-22)21(4)18(24)12-14-11-16(23)8-9-17(14)26-5/h8-9,11,15,23H,6-7,10,12-13H2,1-5H3/t15-/m1/s1. The van der Waals surface area contributed by atoms with E-state index in [0.29, 0.717) is 24.4 Å². The molecule has 0 spiro atoms. The lowest BCUT2D eigenvalue weighted by Gasteiger charge is -2.38. The number of ether oxygens (including phenoxy) is 2. The van der Waals surface area contributed by atoms with Crippen molar-refractivity contribution in [2.75, 3.05) is 27.2 Å². The van der Waals surface area contributed by atoms with Crippen LogP contribution >= 0.6 is 0 Å². The van der Waals surface area contributed by atoms with E-state index in [2.05, 4.69) is 0 Å². The zero-order valence-electron chi connectivity index (χ0n) is 16.8. The van der Waals surface area contributed by atoms with Gasteiger partial charge in [0.2, 0.25) is 5.91 Å². The van der Waals surface area contributed by atoms with Crippen LogP contribution in [-0.2, 0) is 16.0 Å². The molecule has 2 rings (SSSR count). The highest BCUT2D eigenvalue weighted by Gasteiger charge is 2.31. The number of phenolic OH excluding ortho intramolecular Hbond substituents is 1. The summed E-state index contributed by atoms with van der Waals surface area (Å²) in [7, 11) is 3.28. The average molecular weight is 378 g/mol. The molecule has 1 N–H and O–H groups in total. The number of hydrogen-bond donors (Lipinski definition) is 1. The van der Waals surface area contributed by atoms with Gasteiger partial charge < -0.3 is 24.4 Å². The highest BCUT2D eigenvalue weighted by molar-refractivity contribution is 5.80. The van der Waals surface area contributed by atoms with Gasteiger partial charge in [0.1, 0.15) is 17.1 Å². The normalized spacial score (nSPS) is 17.4. The van der Waals surface area contributed by atoms with Gasteiger partial charge in [-0.05, 0) is 51.8 Å². The predicted molar refractivity (Wildman–Crippen MR) is 102 cm³/mol. The lowest BCUT2D eigenvalue weighted by molar-refractivity contribution is -0.132. The molecule has 1 fully saturated rings. The largest absolute Gasteiger partial charge is 0.508 e. The molecule has 1 aromatic rings. The van der Waals surface area contributed by atoms with E-state index in [1.54, 1.807) is 29.0 Å². The first-order chi connectivity index (χ1) is 12.6. The molecule has 2 amide bonds. The molecule has 150 valence electrons. The number of carbonyl (C=O) groups is 2. The minimum atomic E-state index is -0.544. The maximum Gasteiger partial charge on any atom is 0.410 e. The van der Waals surface area contributed by atoms with Crippen molar-refractivity contribution in [3.05, 3.63) is 23.8 Å². The van der Waals surface area contributed by atoms with Gasteiger partial charge in [0.15, 0.2) is 0 Å². The molecular formula is C20H30N2O5. The van der Waals surface area contributed by atoms with Crippen molar-refractivity contribution in [2.45, 2.75) is 51.7 Å². The molecule has 0 aromatic heterocycles. The maximum atomic E-state index is 12.8. The highest BCUT2D eigenvalue weighted by atomic mass is 16.6. The second kappa shape index (κ2) is 8.50. The van der Waals surface area contributed by atoms with Crippen molar-refractivity contribution in [1.29, 1.82) is 0 Å². The van der Waals surface area contributed by atoms with E-state index < -0.39 is 5.60 Å².